The molecular formula is C18H19N. The summed E-state index contributed by atoms with van der Waals surface area (Å²) in [6, 6.07) is 11.0. The topological polar surface area (TPSA) is 23.8 Å². The fourth-order valence-electron chi connectivity index (χ4n) is 2.10. The van der Waals surface area contributed by atoms with Gasteiger partial charge in [-0.05, 0) is 55.4 Å². The molecule has 1 heteroatoms. The van der Waals surface area contributed by atoms with E-state index in [4.69, 9.17) is 5.26 Å². The van der Waals surface area contributed by atoms with Crippen LogP contribution in [0.25, 0.3) is 5.57 Å². The maximum atomic E-state index is 8.90. The highest BCUT2D eigenvalue weighted by Gasteiger charge is 2.22. The molecule has 1 aliphatic rings. The molecule has 2 rings (SSSR count). The highest BCUT2D eigenvalue weighted by molar-refractivity contribution is 5.74. The first-order chi connectivity index (χ1) is 9.28. The molecule has 1 fully saturated rings. The Morgan fingerprint density at radius 2 is 1.79 bits per heavy atom. The molecule has 0 heterocycles. The zero-order chi connectivity index (χ0) is 13.7. The van der Waals surface area contributed by atoms with E-state index in [9.17, 15) is 0 Å². The minimum atomic E-state index is 0.689. The maximum Gasteiger partial charge on any atom is 0.0988 e. The summed E-state index contributed by atoms with van der Waals surface area (Å²) < 4.78 is 0. The summed E-state index contributed by atoms with van der Waals surface area (Å²) in [5, 5.41) is 8.90. The van der Waals surface area contributed by atoms with Gasteiger partial charge in [0.1, 0.15) is 0 Å². The Balaban J connectivity index is 2.16. The lowest BCUT2D eigenvalue weighted by atomic mass is 10.0. The highest BCUT2D eigenvalue weighted by Crippen LogP contribution is 2.40. The third-order valence-electron chi connectivity index (χ3n) is 3.49. The molecule has 1 nitrogen and oxygen atoms in total. The fraction of sp³-hybridized carbons (Fsp3) is 0.278. The lowest BCUT2D eigenvalue weighted by Gasteiger charge is -2.04. The summed E-state index contributed by atoms with van der Waals surface area (Å²) in [6.45, 7) is 3.90. The van der Waals surface area contributed by atoms with Gasteiger partial charge in [-0.1, -0.05) is 42.5 Å². The second-order valence-electron chi connectivity index (χ2n) is 4.83. The van der Waals surface area contributed by atoms with Gasteiger partial charge in [0, 0.05) is 5.57 Å². The molecule has 96 valence electrons. The molecule has 0 aromatic heterocycles. The lowest BCUT2D eigenvalue weighted by molar-refractivity contribution is 1.13. The van der Waals surface area contributed by atoms with E-state index in [2.05, 4.69) is 36.4 Å². The SMILES string of the molecule is C\C=C(C#N)/C=C\C(=C/C)c1ccc(C2CC2)cc1. The minimum Gasteiger partial charge on any atom is -0.192 e. The second-order valence-corrected chi connectivity index (χ2v) is 4.83. The number of hydrogen-bond acceptors (Lipinski definition) is 1. The molecule has 1 aliphatic carbocycles. The fourth-order valence-corrected chi connectivity index (χ4v) is 2.10. The molecule has 0 saturated heterocycles. The number of rotatable bonds is 4. The second kappa shape index (κ2) is 6.20. The van der Waals surface area contributed by atoms with Crippen LogP contribution in [0.4, 0.5) is 0 Å². The predicted molar refractivity (Wildman–Crippen MR) is 80.6 cm³/mol. The summed E-state index contributed by atoms with van der Waals surface area (Å²) in [6.07, 6.45) is 10.4. The van der Waals surface area contributed by atoms with Crippen molar-refractivity contribution >= 4 is 5.57 Å². The molecule has 0 spiro atoms. The Morgan fingerprint density at radius 3 is 2.26 bits per heavy atom. The zero-order valence-electron chi connectivity index (χ0n) is 11.6. The van der Waals surface area contributed by atoms with Gasteiger partial charge in [0.25, 0.3) is 0 Å². The summed E-state index contributed by atoms with van der Waals surface area (Å²) in [7, 11) is 0. The van der Waals surface area contributed by atoms with Crippen LogP contribution in [0.15, 0.2) is 54.1 Å². The standard InChI is InChI=1S/C18H19N/c1-3-14(13-19)5-6-15(4-2)16-7-9-17(10-8-16)18-11-12-18/h3-10,18H,11-12H2,1-2H3/b6-5-,14-3+,15-4+. The number of benzene rings is 1. The molecule has 0 atom stereocenters. The van der Waals surface area contributed by atoms with Gasteiger partial charge in [-0.25, -0.2) is 0 Å². The van der Waals surface area contributed by atoms with Crippen LogP contribution in [0.5, 0.6) is 0 Å². The van der Waals surface area contributed by atoms with Crippen LogP contribution in [0.3, 0.4) is 0 Å². The van der Waals surface area contributed by atoms with Crippen molar-refractivity contribution in [3.05, 3.63) is 65.3 Å². The van der Waals surface area contributed by atoms with Crippen LogP contribution in [0.2, 0.25) is 0 Å². The normalized spacial score (nSPS) is 16.7. The van der Waals surface area contributed by atoms with Crippen LogP contribution in [0, 0.1) is 11.3 Å². The third kappa shape index (κ3) is 3.45. The first-order valence-corrected chi connectivity index (χ1v) is 6.79. The minimum absolute atomic E-state index is 0.689. The van der Waals surface area contributed by atoms with Gasteiger partial charge in [0.2, 0.25) is 0 Å². The lowest BCUT2D eigenvalue weighted by Crippen LogP contribution is -1.84. The van der Waals surface area contributed by atoms with E-state index in [1.54, 1.807) is 0 Å². The maximum absolute atomic E-state index is 8.90. The van der Waals surface area contributed by atoms with Crippen LogP contribution in [0.1, 0.15) is 43.7 Å². The molecule has 0 bridgehead atoms. The molecular weight excluding hydrogens is 230 g/mol. The van der Waals surface area contributed by atoms with E-state index in [1.807, 2.05) is 32.1 Å². The largest absolute Gasteiger partial charge is 0.192 e. The van der Waals surface area contributed by atoms with E-state index in [1.165, 1.54) is 24.0 Å². The Morgan fingerprint density at radius 1 is 1.11 bits per heavy atom. The van der Waals surface area contributed by atoms with Crippen LogP contribution >= 0.6 is 0 Å². The molecule has 0 aliphatic heterocycles. The van der Waals surface area contributed by atoms with Gasteiger partial charge in [0.15, 0.2) is 0 Å². The Hall–Kier alpha value is -2.07. The number of nitrogens with zero attached hydrogens (tertiary/aromatic N) is 1. The zero-order valence-corrected chi connectivity index (χ0v) is 11.6. The summed E-state index contributed by atoms with van der Waals surface area (Å²) >= 11 is 0. The summed E-state index contributed by atoms with van der Waals surface area (Å²) in [5.74, 6) is 0.798. The van der Waals surface area contributed by atoms with Crippen LogP contribution in [-0.4, -0.2) is 0 Å². The van der Waals surface area contributed by atoms with Crippen molar-refractivity contribution in [2.24, 2.45) is 0 Å². The monoisotopic (exact) mass is 249 g/mol. The average molecular weight is 249 g/mol. The molecule has 1 aromatic rings. The summed E-state index contributed by atoms with van der Waals surface area (Å²) in [4.78, 5) is 0. The number of nitriles is 1. The quantitative estimate of drug-likeness (QED) is 0.544. The van der Waals surface area contributed by atoms with E-state index in [-0.39, 0.29) is 0 Å². The van der Waals surface area contributed by atoms with Crippen molar-refractivity contribution in [2.45, 2.75) is 32.6 Å². The molecule has 1 aromatic carbocycles. The average Bonchev–Trinajstić information content (AvgIpc) is 3.29. The Labute approximate surface area is 115 Å². The van der Waals surface area contributed by atoms with Gasteiger partial charge in [0.05, 0.1) is 6.07 Å². The van der Waals surface area contributed by atoms with Crippen molar-refractivity contribution in [2.75, 3.05) is 0 Å². The smallest absolute Gasteiger partial charge is 0.0988 e. The van der Waals surface area contributed by atoms with Crippen molar-refractivity contribution in [3.8, 4) is 6.07 Å². The number of hydrogen-bond donors (Lipinski definition) is 0. The van der Waals surface area contributed by atoms with Gasteiger partial charge >= 0.3 is 0 Å². The predicted octanol–water partition coefficient (Wildman–Crippen LogP) is 4.99. The van der Waals surface area contributed by atoms with E-state index < -0.39 is 0 Å². The molecule has 0 N–H and O–H groups in total. The molecule has 19 heavy (non-hydrogen) atoms. The van der Waals surface area contributed by atoms with E-state index in [0.717, 1.165) is 11.5 Å². The van der Waals surface area contributed by atoms with Crippen molar-refractivity contribution in [3.63, 3.8) is 0 Å². The van der Waals surface area contributed by atoms with Crippen molar-refractivity contribution < 1.29 is 0 Å². The van der Waals surface area contributed by atoms with Crippen molar-refractivity contribution in [1.29, 1.82) is 5.26 Å². The highest BCUT2D eigenvalue weighted by atomic mass is 14.3. The van der Waals surface area contributed by atoms with E-state index >= 15 is 0 Å². The Kier molecular flexibility index (Phi) is 4.36. The van der Waals surface area contributed by atoms with Gasteiger partial charge < -0.3 is 0 Å². The third-order valence-corrected chi connectivity index (χ3v) is 3.49. The van der Waals surface area contributed by atoms with Crippen LogP contribution < -0.4 is 0 Å². The summed E-state index contributed by atoms with van der Waals surface area (Å²) in [5.41, 5.74) is 4.50. The van der Waals surface area contributed by atoms with Gasteiger partial charge in [-0.2, -0.15) is 5.26 Å². The van der Waals surface area contributed by atoms with Crippen molar-refractivity contribution in [1.82, 2.24) is 0 Å². The van der Waals surface area contributed by atoms with Gasteiger partial charge in [-0.3, -0.25) is 0 Å². The number of allylic oxidation sites excluding steroid dienone is 6. The molecule has 0 amide bonds. The van der Waals surface area contributed by atoms with E-state index in [0.29, 0.717) is 5.57 Å². The van der Waals surface area contributed by atoms with Crippen LogP contribution in [-0.2, 0) is 0 Å². The molecule has 1 saturated carbocycles. The Bertz CT molecular complexity index is 561. The first kappa shape index (κ1) is 13.4. The molecule has 0 unspecified atom stereocenters. The van der Waals surface area contributed by atoms with Gasteiger partial charge in [-0.15, -0.1) is 0 Å². The molecule has 0 radical (unpaired) electrons. The first-order valence-electron chi connectivity index (χ1n) is 6.79.